The molecule has 21 heavy (non-hydrogen) atoms. The van der Waals surface area contributed by atoms with E-state index < -0.39 is 42.4 Å². The molecule has 0 N–H and O–H groups in total. The molecule has 1 unspecified atom stereocenters. The first-order chi connectivity index (χ1) is 9.85. The van der Waals surface area contributed by atoms with Crippen LogP contribution in [0, 0.1) is 0 Å². The molecule has 10 nitrogen and oxygen atoms in total. The van der Waals surface area contributed by atoms with Crippen LogP contribution in [-0.4, -0.2) is 49.1 Å². The molecule has 116 valence electrons. The van der Waals surface area contributed by atoms with Crippen LogP contribution >= 0.6 is 0 Å². The second-order valence-corrected chi connectivity index (χ2v) is 4.23. The van der Waals surface area contributed by atoms with Gasteiger partial charge < -0.3 is 18.9 Å². The maximum Gasteiger partial charge on any atom is 0.305 e. The number of hydrogen-bond donors (Lipinski definition) is 0. The highest BCUT2D eigenvalue weighted by atomic mass is 16.7. The smallest absolute Gasteiger partial charge is 0.305 e. The number of nitrogens with zero attached hydrogens (tertiary/aromatic N) is 3. The summed E-state index contributed by atoms with van der Waals surface area (Å²) in [6.45, 7) is 3.27. The van der Waals surface area contributed by atoms with E-state index in [1.54, 1.807) is 0 Å². The van der Waals surface area contributed by atoms with E-state index in [9.17, 15) is 14.4 Å². The average molecular weight is 301 g/mol. The zero-order chi connectivity index (χ0) is 16.0. The van der Waals surface area contributed by atoms with E-state index in [0.717, 1.165) is 20.8 Å². The number of carbonyl (C=O) groups is 3. The second kappa shape index (κ2) is 7.46. The van der Waals surface area contributed by atoms with Crippen LogP contribution < -0.4 is 0 Å². The van der Waals surface area contributed by atoms with Crippen LogP contribution in [0.1, 0.15) is 20.8 Å². The number of rotatable bonds is 4. The third-order valence-electron chi connectivity index (χ3n) is 2.49. The number of azide groups is 1. The van der Waals surface area contributed by atoms with Crippen LogP contribution in [0.3, 0.4) is 0 Å². The van der Waals surface area contributed by atoms with Gasteiger partial charge in [0.15, 0.2) is 6.10 Å². The van der Waals surface area contributed by atoms with Crippen molar-refractivity contribution in [2.75, 3.05) is 6.61 Å². The third kappa shape index (κ3) is 4.93. The zero-order valence-corrected chi connectivity index (χ0v) is 11.7. The Morgan fingerprint density at radius 3 is 2.05 bits per heavy atom. The molecule has 1 aliphatic heterocycles. The Bertz CT molecular complexity index is 474. The Balaban J connectivity index is 3.05. The van der Waals surface area contributed by atoms with Gasteiger partial charge in [-0.25, -0.2) is 0 Å². The molecule has 1 heterocycles. The summed E-state index contributed by atoms with van der Waals surface area (Å²) in [5.74, 6) is -2.03. The quantitative estimate of drug-likeness (QED) is 0.241. The average Bonchev–Trinajstić information content (AvgIpc) is 2.35. The maximum absolute atomic E-state index is 11.2. The lowest BCUT2D eigenvalue weighted by Gasteiger charge is -2.38. The van der Waals surface area contributed by atoms with Gasteiger partial charge in [-0.05, 0) is 5.53 Å². The van der Waals surface area contributed by atoms with E-state index in [-0.39, 0.29) is 6.61 Å². The highest BCUT2D eigenvalue weighted by Crippen LogP contribution is 2.25. The summed E-state index contributed by atoms with van der Waals surface area (Å²) in [4.78, 5) is 36.0. The Labute approximate surface area is 119 Å². The summed E-state index contributed by atoms with van der Waals surface area (Å²) in [5, 5.41) is 3.44. The first-order valence-corrected chi connectivity index (χ1v) is 6.02. The summed E-state index contributed by atoms with van der Waals surface area (Å²) in [6.07, 6.45) is -3.58. The lowest BCUT2D eigenvalue weighted by molar-refractivity contribution is -0.252. The number of carbonyl (C=O) groups excluding carboxylic acids is 3. The monoisotopic (exact) mass is 301 g/mol. The van der Waals surface area contributed by atoms with E-state index in [4.69, 9.17) is 24.5 Å². The van der Waals surface area contributed by atoms with Crippen molar-refractivity contribution >= 4 is 17.9 Å². The second-order valence-electron chi connectivity index (χ2n) is 4.23. The normalized spacial score (nSPS) is 28.0. The third-order valence-corrected chi connectivity index (χ3v) is 2.49. The Morgan fingerprint density at radius 1 is 1.05 bits per heavy atom. The molecule has 1 fully saturated rings. The highest BCUT2D eigenvalue weighted by molar-refractivity contribution is 5.68. The predicted molar refractivity (Wildman–Crippen MR) is 65.5 cm³/mol. The minimum absolute atomic E-state index is 0.155. The van der Waals surface area contributed by atoms with Gasteiger partial charge in [0.05, 0.1) is 6.61 Å². The van der Waals surface area contributed by atoms with E-state index >= 15 is 0 Å². The molecule has 1 saturated heterocycles. The lowest BCUT2D eigenvalue weighted by atomic mass is 10.0. The van der Waals surface area contributed by atoms with Crippen LogP contribution in [0.4, 0.5) is 0 Å². The van der Waals surface area contributed by atoms with Crippen LogP contribution in [0.2, 0.25) is 0 Å². The van der Waals surface area contributed by atoms with Gasteiger partial charge in [-0.1, -0.05) is 5.11 Å². The summed E-state index contributed by atoms with van der Waals surface area (Å²) in [5.41, 5.74) is 8.52. The Hall–Kier alpha value is -2.32. The van der Waals surface area contributed by atoms with Gasteiger partial charge in [0.25, 0.3) is 0 Å². The minimum atomic E-state index is -1.25. The van der Waals surface area contributed by atoms with E-state index in [1.807, 2.05) is 0 Å². The lowest BCUT2D eigenvalue weighted by Crippen LogP contribution is -2.56. The number of esters is 3. The standard InChI is InChI=1S/C11H15N3O7/c1-5(15)19-9-8(13-14-12)4-18-11(21-7(3)17)10(9)20-6(2)16/h8-11H,4H2,1-3H3/t8-,9-,10+,11?/m0/s1. The summed E-state index contributed by atoms with van der Waals surface area (Å²) in [6, 6.07) is -0.907. The van der Waals surface area contributed by atoms with Crippen molar-refractivity contribution in [3.63, 3.8) is 0 Å². The highest BCUT2D eigenvalue weighted by Gasteiger charge is 2.46. The Morgan fingerprint density at radius 2 is 1.57 bits per heavy atom. The molecule has 0 aromatic heterocycles. The fraction of sp³-hybridized carbons (Fsp3) is 0.727. The van der Waals surface area contributed by atoms with Crippen LogP contribution in [0.15, 0.2) is 5.11 Å². The zero-order valence-electron chi connectivity index (χ0n) is 11.7. The van der Waals surface area contributed by atoms with E-state index in [0.29, 0.717) is 0 Å². The van der Waals surface area contributed by atoms with Gasteiger partial charge in [0.1, 0.15) is 6.04 Å². The van der Waals surface area contributed by atoms with Crippen molar-refractivity contribution in [2.45, 2.75) is 45.3 Å². The molecule has 0 aromatic rings. The maximum atomic E-state index is 11.2. The molecule has 0 amide bonds. The van der Waals surface area contributed by atoms with Crippen molar-refractivity contribution in [3.8, 4) is 0 Å². The predicted octanol–water partition coefficient (Wildman–Crippen LogP) is 0.448. The molecular weight excluding hydrogens is 286 g/mol. The van der Waals surface area contributed by atoms with Crippen LogP contribution in [0.5, 0.6) is 0 Å². The number of hydrogen-bond acceptors (Lipinski definition) is 8. The molecule has 10 heteroatoms. The topological polar surface area (TPSA) is 137 Å². The van der Waals surface area contributed by atoms with E-state index in [1.165, 1.54) is 0 Å². The van der Waals surface area contributed by atoms with E-state index in [2.05, 4.69) is 10.0 Å². The largest absolute Gasteiger partial charge is 0.458 e. The van der Waals surface area contributed by atoms with Crippen molar-refractivity contribution in [1.82, 2.24) is 0 Å². The number of ether oxygens (including phenoxy) is 4. The van der Waals surface area contributed by atoms with Crippen molar-refractivity contribution in [3.05, 3.63) is 10.4 Å². The molecular formula is C11H15N3O7. The van der Waals surface area contributed by atoms with Gasteiger partial charge in [0.2, 0.25) is 12.4 Å². The summed E-state index contributed by atoms with van der Waals surface area (Å²) in [7, 11) is 0. The molecule has 0 aromatic carbocycles. The summed E-state index contributed by atoms with van der Waals surface area (Å²) < 4.78 is 20.1. The van der Waals surface area contributed by atoms with Gasteiger partial charge in [-0.2, -0.15) is 0 Å². The van der Waals surface area contributed by atoms with Crippen molar-refractivity contribution in [2.24, 2.45) is 5.11 Å². The molecule has 4 atom stereocenters. The molecule has 0 bridgehead atoms. The molecule has 0 spiro atoms. The van der Waals surface area contributed by atoms with Crippen LogP contribution in [0.25, 0.3) is 10.4 Å². The molecule has 1 aliphatic rings. The Kier molecular flexibility index (Phi) is 5.94. The fourth-order valence-corrected chi connectivity index (χ4v) is 1.84. The molecule has 0 aliphatic carbocycles. The van der Waals surface area contributed by atoms with Gasteiger partial charge >= 0.3 is 17.9 Å². The first-order valence-electron chi connectivity index (χ1n) is 6.02. The SMILES string of the molecule is CC(=O)OC1OC[C@H](N=[N+]=[N-])[C@H](OC(C)=O)[C@H]1OC(C)=O. The van der Waals surface area contributed by atoms with Gasteiger partial charge in [-0.3, -0.25) is 14.4 Å². The van der Waals surface area contributed by atoms with Crippen molar-refractivity contribution in [1.29, 1.82) is 0 Å². The molecule has 1 rings (SSSR count). The van der Waals surface area contributed by atoms with Gasteiger partial charge in [-0.15, -0.1) is 0 Å². The summed E-state index contributed by atoms with van der Waals surface area (Å²) >= 11 is 0. The molecule has 0 radical (unpaired) electrons. The van der Waals surface area contributed by atoms with Crippen LogP contribution in [-0.2, 0) is 33.3 Å². The first kappa shape index (κ1) is 16.7. The molecule has 0 saturated carbocycles. The fourth-order valence-electron chi connectivity index (χ4n) is 1.84. The van der Waals surface area contributed by atoms with Crippen molar-refractivity contribution < 1.29 is 33.3 Å². The van der Waals surface area contributed by atoms with Gasteiger partial charge in [0, 0.05) is 25.7 Å². The minimum Gasteiger partial charge on any atom is -0.458 e.